The lowest BCUT2D eigenvalue weighted by molar-refractivity contribution is 0.230. The minimum atomic E-state index is 0.107. The summed E-state index contributed by atoms with van der Waals surface area (Å²) in [6.07, 6.45) is 1.59. The molecule has 1 heterocycles. The summed E-state index contributed by atoms with van der Waals surface area (Å²) in [6, 6.07) is 0. The van der Waals surface area contributed by atoms with E-state index in [0.717, 1.165) is 16.8 Å². The van der Waals surface area contributed by atoms with Crippen LogP contribution in [0, 0.1) is 0 Å². The third-order valence-corrected chi connectivity index (χ3v) is 2.16. The minimum Gasteiger partial charge on any atom is -0.474 e. The van der Waals surface area contributed by atoms with Gasteiger partial charge in [0.05, 0.1) is 6.10 Å². The molecule has 78 valence electrons. The lowest BCUT2D eigenvalue weighted by Crippen LogP contribution is -2.09. The van der Waals surface area contributed by atoms with Crippen LogP contribution in [0.5, 0.6) is 5.88 Å². The van der Waals surface area contributed by atoms with E-state index in [4.69, 9.17) is 4.74 Å². The van der Waals surface area contributed by atoms with Crippen molar-refractivity contribution in [3.05, 3.63) is 10.8 Å². The SMILES string of the molecule is CCNc1ncnc(OC(C)C)c1Br. The van der Waals surface area contributed by atoms with Gasteiger partial charge in [0.25, 0.3) is 0 Å². The average Bonchev–Trinajstić information content (AvgIpc) is 2.11. The normalized spacial score (nSPS) is 10.4. The Bertz CT molecular complexity index is 304. The third kappa shape index (κ3) is 2.83. The van der Waals surface area contributed by atoms with E-state index in [1.807, 2.05) is 20.8 Å². The number of ether oxygens (including phenoxy) is 1. The molecule has 0 saturated carbocycles. The molecule has 0 saturated heterocycles. The van der Waals surface area contributed by atoms with Gasteiger partial charge < -0.3 is 10.1 Å². The van der Waals surface area contributed by atoms with Gasteiger partial charge >= 0.3 is 0 Å². The second-order valence-electron chi connectivity index (χ2n) is 3.04. The van der Waals surface area contributed by atoms with Gasteiger partial charge in [0.1, 0.15) is 16.6 Å². The van der Waals surface area contributed by atoms with Gasteiger partial charge in [-0.1, -0.05) is 0 Å². The molecule has 0 aromatic carbocycles. The van der Waals surface area contributed by atoms with Crippen molar-refractivity contribution in [3.8, 4) is 5.88 Å². The summed E-state index contributed by atoms with van der Waals surface area (Å²) in [5.41, 5.74) is 0. The highest BCUT2D eigenvalue weighted by Gasteiger charge is 2.09. The van der Waals surface area contributed by atoms with Crippen molar-refractivity contribution >= 4 is 21.7 Å². The van der Waals surface area contributed by atoms with Gasteiger partial charge in [0, 0.05) is 6.54 Å². The molecule has 14 heavy (non-hydrogen) atoms. The molecular formula is C9H14BrN3O. The molecule has 0 aliphatic rings. The van der Waals surface area contributed by atoms with E-state index in [0.29, 0.717) is 5.88 Å². The predicted octanol–water partition coefficient (Wildman–Crippen LogP) is 2.46. The van der Waals surface area contributed by atoms with Crippen molar-refractivity contribution in [1.29, 1.82) is 0 Å². The highest BCUT2D eigenvalue weighted by molar-refractivity contribution is 9.10. The van der Waals surface area contributed by atoms with Gasteiger partial charge in [-0.25, -0.2) is 9.97 Å². The Kier molecular flexibility index (Phi) is 4.13. The van der Waals surface area contributed by atoms with Gasteiger partial charge in [-0.15, -0.1) is 0 Å². The fourth-order valence-electron chi connectivity index (χ4n) is 0.950. The first-order chi connectivity index (χ1) is 6.65. The van der Waals surface area contributed by atoms with Gasteiger partial charge in [0.15, 0.2) is 0 Å². The Hall–Kier alpha value is -0.840. The summed E-state index contributed by atoms with van der Waals surface area (Å²) in [4.78, 5) is 8.13. The van der Waals surface area contributed by atoms with Crippen LogP contribution >= 0.6 is 15.9 Å². The summed E-state index contributed by atoms with van der Waals surface area (Å²) < 4.78 is 6.27. The molecule has 0 unspecified atom stereocenters. The number of nitrogens with one attached hydrogen (secondary N) is 1. The van der Waals surface area contributed by atoms with E-state index in [-0.39, 0.29) is 6.10 Å². The van der Waals surface area contributed by atoms with Gasteiger partial charge in [-0.2, -0.15) is 0 Å². The van der Waals surface area contributed by atoms with Gasteiger partial charge in [-0.3, -0.25) is 0 Å². The summed E-state index contributed by atoms with van der Waals surface area (Å²) >= 11 is 3.40. The van der Waals surface area contributed by atoms with E-state index in [9.17, 15) is 0 Å². The van der Waals surface area contributed by atoms with Crippen molar-refractivity contribution in [3.63, 3.8) is 0 Å². The summed E-state index contributed by atoms with van der Waals surface area (Å²) in [5, 5.41) is 3.11. The van der Waals surface area contributed by atoms with E-state index in [1.54, 1.807) is 0 Å². The fourth-order valence-corrected chi connectivity index (χ4v) is 1.39. The zero-order chi connectivity index (χ0) is 10.6. The number of aromatic nitrogens is 2. The Balaban J connectivity index is 2.89. The van der Waals surface area contributed by atoms with Gasteiger partial charge in [-0.05, 0) is 36.7 Å². The Morgan fingerprint density at radius 2 is 2.21 bits per heavy atom. The van der Waals surface area contributed by atoms with Crippen LogP contribution in [0.15, 0.2) is 10.8 Å². The number of hydrogen-bond acceptors (Lipinski definition) is 4. The highest BCUT2D eigenvalue weighted by atomic mass is 79.9. The molecule has 0 atom stereocenters. The quantitative estimate of drug-likeness (QED) is 0.903. The van der Waals surface area contributed by atoms with Crippen molar-refractivity contribution in [2.75, 3.05) is 11.9 Å². The molecule has 5 heteroatoms. The van der Waals surface area contributed by atoms with Crippen LogP contribution in [0.1, 0.15) is 20.8 Å². The highest BCUT2D eigenvalue weighted by Crippen LogP contribution is 2.28. The maximum atomic E-state index is 5.49. The second kappa shape index (κ2) is 5.14. The lowest BCUT2D eigenvalue weighted by Gasteiger charge is -2.12. The van der Waals surface area contributed by atoms with Crippen LogP contribution in [0.2, 0.25) is 0 Å². The van der Waals surface area contributed by atoms with Crippen molar-refractivity contribution in [1.82, 2.24) is 9.97 Å². The second-order valence-corrected chi connectivity index (χ2v) is 3.83. The Labute approximate surface area is 92.2 Å². The molecule has 1 rings (SSSR count). The molecule has 0 amide bonds. The van der Waals surface area contributed by atoms with Crippen molar-refractivity contribution in [2.45, 2.75) is 26.9 Å². The zero-order valence-electron chi connectivity index (χ0n) is 8.54. The van der Waals surface area contributed by atoms with E-state index >= 15 is 0 Å². The maximum Gasteiger partial charge on any atom is 0.233 e. The molecule has 0 radical (unpaired) electrons. The first-order valence-electron chi connectivity index (χ1n) is 4.56. The van der Waals surface area contributed by atoms with Crippen LogP contribution in [0.3, 0.4) is 0 Å². The molecular weight excluding hydrogens is 246 g/mol. The average molecular weight is 260 g/mol. The summed E-state index contributed by atoms with van der Waals surface area (Å²) in [5.74, 6) is 1.34. The molecule has 4 nitrogen and oxygen atoms in total. The first kappa shape index (κ1) is 11.2. The molecule has 0 aliphatic heterocycles. The molecule has 0 bridgehead atoms. The summed E-state index contributed by atoms with van der Waals surface area (Å²) in [6.45, 7) is 6.75. The fraction of sp³-hybridized carbons (Fsp3) is 0.556. The number of hydrogen-bond donors (Lipinski definition) is 1. The lowest BCUT2D eigenvalue weighted by atomic mass is 10.4. The van der Waals surface area contributed by atoms with Crippen LogP contribution in [0.25, 0.3) is 0 Å². The molecule has 0 fully saturated rings. The Morgan fingerprint density at radius 1 is 1.50 bits per heavy atom. The molecule has 1 aromatic heterocycles. The minimum absolute atomic E-state index is 0.107. The Morgan fingerprint density at radius 3 is 2.79 bits per heavy atom. The summed E-state index contributed by atoms with van der Waals surface area (Å²) in [7, 11) is 0. The number of nitrogens with zero attached hydrogens (tertiary/aromatic N) is 2. The first-order valence-corrected chi connectivity index (χ1v) is 5.35. The van der Waals surface area contributed by atoms with Crippen LogP contribution in [0.4, 0.5) is 5.82 Å². The number of halogens is 1. The molecule has 0 spiro atoms. The third-order valence-electron chi connectivity index (χ3n) is 1.45. The molecule has 1 N–H and O–H groups in total. The number of rotatable bonds is 4. The maximum absolute atomic E-state index is 5.49. The van der Waals surface area contributed by atoms with Crippen LogP contribution in [-0.4, -0.2) is 22.6 Å². The van der Waals surface area contributed by atoms with Crippen molar-refractivity contribution < 1.29 is 4.74 Å². The van der Waals surface area contributed by atoms with E-state index < -0.39 is 0 Å². The van der Waals surface area contributed by atoms with Crippen molar-refractivity contribution in [2.24, 2.45) is 0 Å². The monoisotopic (exact) mass is 259 g/mol. The smallest absolute Gasteiger partial charge is 0.233 e. The number of anilines is 1. The zero-order valence-corrected chi connectivity index (χ0v) is 10.1. The topological polar surface area (TPSA) is 47.0 Å². The molecule has 1 aromatic rings. The standard InChI is InChI=1S/C9H14BrN3O/c1-4-11-8-7(10)9(13-5-12-8)14-6(2)3/h5-6H,4H2,1-3H3,(H,11,12,13). The predicted molar refractivity (Wildman–Crippen MR) is 59.7 cm³/mol. The molecule has 0 aliphatic carbocycles. The van der Waals surface area contributed by atoms with Crippen LogP contribution < -0.4 is 10.1 Å². The van der Waals surface area contributed by atoms with E-state index in [1.165, 1.54) is 6.33 Å². The van der Waals surface area contributed by atoms with Gasteiger partial charge in [0.2, 0.25) is 5.88 Å². The largest absolute Gasteiger partial charge is 0.474 e. The van der Waals surface area contributed by atoms with Crippen LogP contribution in [-0.2, 0) is 0 Å². The van der Waals surface area contributed by atoms with E-state index in [2.05, 4.69) is 31.2 Å².